The minimum absolute atomic E-state index is 0.767. The summed E-state index contributed by atoms with van der Waals surface area (Å²) in [6.07, 6.45) is 8.33. The van der Waals surface area contributed by atoms with E-state index in [4.69, 9.17) is 18.8 Å². The van der Waals surface area contributed by atoms with Gasteiger partial charge >= 0.3 is 0 Å². The topological polar surface area (TPSA) is 52.1 Å². The summed E-state index contributed by atoms with van der Waals surface area (Å²) in [5.74, 6) is 0. The Hall–Kier alpha value is -4.60. The number of fused-ring (bicyclic) bond motifs is 8. The van der Waals surface area contributed by atoms with Crippen molar-refractivity contribution in [3.63, 3.8) is 0 Å². The van der Waals surface area contributed by atoms with E-state index in [1.165, 1.54) is 0 Å². The van der Waals surface area contributed by atoms with Crippen LogP contribution in [0.5, 0.6) is 0 Å². The largest absolute Gasteiger partial charge is 0.456 e. The number of furan rings is 2. The highest BCUT2D eigenvalue weighted by Crippen LogP contribution is 2.42. The molecule has 0 N–H and O–H groups in total. The van der Waals surface area contributed by atoms with E-state index in [2.05, 4.69) is 119 Å². The average Bonchev–Trinajstić information content (AvgIpc) is 3.90. The van der Waals surface area contributed by atoms with Gasteiger partial charge in [-0.05, 0) is 94.4 Å². The first kappa shape index (κ1) is 25.9. The van der Waals surface area contributed by atoms with Crippen LogP contribution in [0.3, 0.4) is 0 Å². The maximum atomic E-state index is 6.75. The van der Waals surface area contributed by atoms with E-state index in [1.807, 2.05) is 0 Å². The molecule has 8 bridgehead atoms. The third-order valence-electron chi connectivity index (χ3n) is 7.57. The van der Waals surface area contributed by atoms with Crippen molar-refractivity contribution in [2.75, 3.05) is 0 Å². The Labute approximate surface area is 268 Å². The summed E-state index contributed by atoms with van der Waals surface area (Å²) >= 11 is 6.70. The fourth-order valence-electron chi connectivity index (χ4n) is 5.67. The highest BCUT2D eigenvalue weighted by Gasteiger charge is 2.21. The molecule has 0 radical (unpaired) electrons. The molecular weight excluding hydrogens is 621 g/mol. The van der Waals surface area contributed by atoms with Crippen LogP contribution < -0.4 is 0 Å². The highest BCUT2D eigenvalue weighted by atomic mass is 32.1. The molecule has 8 heteroatoms. The first-order valence-corrected chi connectivity index (χ1v) is 17.5. The van der Waals surface area contributed by atoms with Gasteiger partial charge in [-0.25, -0.2) is 9.97 Å². The molecule has 210 valence electrons. The van der Waals surface area contributed by atoms with E-state index >= 15 is 0 Å². The van der Waals surface area contributed by atoms with Gasteiger partial charge in [0, 0.05) is 19.5 Å². The molecule has 0 aliphatic carbocycles. The summed E-state index contributed by atoms with van der Waals surface area (Å²) in [6.45, 7) is 0. The number of rotatable bonds is 4. The summed E-state index contributed by atoms with van der Waals surface area (Å²) < 4.78 is 13.5. The maximum Gasteiger partial charge on any atom is 0.138 e. The number of aromatic nitrogens is 2. The van der Waals surface area contributed by atoms with Gasteiger partial charge in [0.2, 0.25) is 0 Å². The normalized spacial score (nSPS) is 12.4. The first-order valence-electron chi connectivity index (χ1n) is 13.9. The summed E-state index contributed by atoms with van der Waals surface area (Å²) in [5, 5.41) is 8.34. The molecule has 0 spiro atoms. The second-order valence-corrected chi connectivity index (χ2v) is 14.0. The van der Waals surface area contributed by atoms with Gasteiger partial charge in [-0.3, -0.25) is 0 Å². The monoisotopic (exact) mass is 640 g/mol. The maximum absolute atomic E-state index is 6.75. The van der Waals surface area contributed by atoms with Gasteiger partial charge in [0.25, 0.3) is 0 Å². The van der Waals surface area contributed by atoms with Crippen LogP contribution in [-0.4, -0.2) is 9.97 Å². The van der Waals surface area contributed by atoms with E-state index in [1.54, 1.807) is 45.3 Å². The lowest BCUT2D eigenvalue weighted by molar-refractivity contribution is 0.667. The molecule has 0 fully saturated rings. The Morgan fingerprint density at radius 1 is 0.364 bits per heavy atom. The molecular formula is C36H20N2O2S4. The Bertz CT molecular complexity index is 2040. The predicted octanol–water partition coefficient (Wildman–Crippen LogP) is 12.1. The van der Waals surface area contributed by atoms with E-state index in [9.17, 15) is 0 Å². The van der Waals surface area contributed by atoms with Gasteiger partial charge in [0.1, 0.15) is 22.3 Å². The third kappa shape index (κ3) is 4.30. The van der Waals surface area contributed by atoms with Gasteiger partial charge in [0.05, 0.1) is 45.0 Å². The standard InChI is InChI=1S/C36H20N2O2S4/c1-5-29(41-17-1)33-21-9-10-22(37-21)34(30-6-2-18-42-30)27-15-16-28(40-27)36(32-8-4-20-44-32)24-12-11-23(38-24)35(31-7-3-19-43-31)26-14-13-25(33)39-26/h1-20H. The zero-order valence-corrected chi connectivity index (χ0v) is 26.2. The van der Waals surface area contributed by atoms with Crippen molar-refractivity contribution in [3.8, 4) is 41.8 Å². The van der Waals surface area contributed by atoms with E-state index in [0.717, 1.165) is 86.9 Å². The van der Waals surface area contributed by atoms with Crippen molar-refractivity contribution in [2.24, 2.45) is 0 Å². The SMILES string of the molecule is C1=Cc2nc1c(-c1cccs1)c1ccc(o1)c(-c1cccs1)c1nc(c(-c3cccs3)c3ccc(o3)c2-c2cccs2)C=C1. The average molecular weight is 641 g/mol. The Morgan fingerprint density at radius 3 is 0.864 bits per heavy atom. The molecule has 0 amide bonds. The van der Waals surface area contributed by atoms with Gasteiger partial charge in [-0.15, -0.1) is 45.3 Å². The van der Waals surface area contributed by atoms with Crippen LogP contribution >= 0.6 is 45.3 Å². The number of hydrogen-bond acceptors (Lipinski definition) is 8. The summed E-state index contributed by atoms with van der Waals surface area (Å²) in [7, 11) is 0. The Balaban J connectivity index is 1.49. The molecule has 9 rings (SSSR count). The molecule has 0 unspecified atom stereocenters. The highest BCUT2D eigenvalue weighted by molar-refractivity contribution is 7.14. The fourth-order valence-corrected chi connectivity index (χ4v) is 8.81. The van der Waals surface area contributed by atoms with E-state index in [0.29, 0.717) is 0 Å². The smallest absolute Gasteiger partial charge is 0.138 e. The summed E-state index contributed by atoms with van der Waals surface area (Å²) in [6, 6.07) is 25.0. The van der Waals surface area contributed by atoms with Crippen LogP contribution in [0.1, 0.15) is 22.8 Å². The molecule has 0 saturated heterocycles. The zero-order chi connectivity index (χ0) is 29.0. The third-order valence-corrected chi connectivity index (χ3v) is 11.1. The van der Waals surface area contributed by atoms with Crippen LogP contribution in [0.4, 0.5) is 0 Å². The van der Waals surface area contributed by atoms with Crippen LogP contribution in [0.15, 0.2) is 103 Å². The minimum Gasteiger partial charge on any atom is -0.456 e. The Morgan fingerprint density at radius 2 is 0.636 bits per heavy atom. The van der Waals surface area contributed by atoms with Crippen LogP contribution in [0.25, 0.3) is 88.4 Å². The van der Waals surface area contributed by atoms with Crippen molar-refractivity contribution in [3.05, 3.63) is 117 Å². The van der Waals surface area contributed by atoms with Gasteiger partial charge in [-0.2, -0.15) is 0 Å². The molecule has 0 atom stereocenters. The zero-order valence-electron chi connectivity index (χ0n) is 22.9. The molecule has 44 heavy (non-hydrogen) atoms. The molecule has 0 saturated carbocycles. The lowest BCUT2D eigenvalue weighted by Crippen LogP contribution is -1.85. The van der Waals surface area contributed by atoms with Gasteiger partial charge < -0.3 is 8.83 Å². The van der Waals surface area contributed by atoms with Crippen molar-refractivity contribution < 1.29 is 8.83 Å². The first-order chi connectivity index (χ1) is 21.8. The minimum atomic E-state index is 0.767. The van der Waals surface area contributed by atoms with Crippen LogP contribution in [0.2, 0.25) is 0 Å². The lowest BCUT2D eigenvalue weighted by atomic mass is 10.1. The van der Waals surface area contributed by atoms with E-state index < -0.39 is 0 Å². The molecule has 2 aliphatic heterocycles. The molecule has 7 aromatic heterocycles. The summed E-state index contributed by atoms with van der Waals surface area (Å²) in [4.78, 5) is 14.8. The number of hydrogen-bond donors (Lipinski definition) is 0. The Kier molecular flexibility index (Phi) is 6.19. The lowest BCUT2D eigenvalue weighted by Gasteiger charge is -2.02. The van der Waals surface area contributed by atoms with Crippen molar-refractivity contribution in [1.82, 2.24) is 9.97 Å². The van der Waals surface area contributed by atoms with Crippen molar-refractivity contribution in [1.29, 1.82) is 0 Å². The number of thiophene rings is 4. The van der Waals surface area contributed by atoms with Crippen LogP contribution in [0, 0.1) is 0 Å². The molecule has 7 aromatic rings. The number of nitrogens with zero attached hydrogens (tertiary/aromatic N) is 2. The van der Waals surface area contributed by atoms with Crippen molar-refractivity contribution >= 4 is 92.0 Å². The molecule has 4 nitrogen and oxygen atoms in total. The van der Waals surface area contributed by atoms with Gasteiger partial charge in [-0.1, -0.05) is 24.3 Å². The van der Waals surface area contributed by atoms with E-state index in [-0.39, 0.29) is 0 Å². The predicted molar refractivity (Wildman–Crippen MR) is 188 cm³/mol. The van der Waals surface area contributed by atoms with Crippen LogP contribution in [-0.2, 0) is 0 Å². The molecule has 0 aromatic carbocycles. The summed E-state index contributed by atoms with van der Waals surface area (Å²) in [5.41, 5.74) is 10.3. The second-order valence-electron chi connectivity index (χ2n) is 10.2. The second kappa shape index (κ2) is 10.5. The van der Waals surface area contributed by atoms with Crippen molar-refractivity contribution in [2.45, 2.75) is 0 Å². The van der Waals surface area contributed by atoms with Gasteiger partial charge in [0.15, 0.2) is 0 Å². The fraction of sp³-hybridized carbons (Fsp3) is 0. The quantitative estimate of drug-likeness (QED) is 0.192. The molecule has 9 heterocycles. The molecule has 2 aliphatic rings.